The van der Waals surface area contributed by atoms with Gasteiger partial charge in [-0.15, -0.1) is 0 Å². The molecular formula is C12H9ClFN3O3. The van der Waals surface area contributed by atoms with Gasteiger partial charge in [-0.2, -0.15) is 0 Å². The summed E-state index contributed by atoms with van der Waals surface area (Å²) in [5, 5.41) is 13.5. The molecule has 0 radical (unpaired) electrons. The number of ether oxygens (including phenoxy) is 1. The van der Waals surface area contributed by atoms with Crippen molar-refractivity contribution in [2.45, 2.75) is 0 Å². The van der Waals surface area contributed by atoms with Crippen molar-refractivity contribution in [1.82, 2.24) is 4.98 Å². The van der Waals surface area contributed by atoms with Crippen LogP contribution in [0.2, 0.25) is 5.02 Å². The van der Waals surface area contributed by atoms with E-state index in [0.717, 1.165) is 6.20 Å². The van der Waals surface area contributed by atoms with Gasteiger partial charge < -0.3 is 10.1 Å². The molecule has 0 unspecified atom stereocenters. The Kier molecular flexibility index (Phi) is 3.99. The van der Waals surface area contributed by atoms with Crippen LogP contribution >= 0.6 is 11.6 Å². The number of halogens is 2. The molecule has 2 aromatic rings. The van der Waals surface area contributed by atoms with E-state index in [-0.39, 0.29) is 22.3 Å². The molecule has 0 amide bonds. The molecule has 1 aromatic carbocycles. The van der Waals surface area contributed by atoms with Crippen LogP contribution in [0.4, 0.5) is 21.6 Å². The minimum atomic E-state index is -0.594. The lowest BCUT2D eigenvalue weighted by Crippen LogP contribution is -1.97. The van der Waals surface area contributed by atoms with Crippen LogP contribution in [-0.4, -0.2) is 17.0 Å². The second-order valence-electron chi connectivity index (χ2n) is 3.76. The Morgan fingerprint density at radius 3 is 2.80 bits per heavy atom. The first-order valence-electron chi connectivity index (χ1n) is 5.41. The van der Waals surface area contributed by atoms with E-state index in [1.54, 1.807) is 0 Å². The number of nitrogens with one attached hydrogen (secondary N) is 1. The maximum Gasteiger partial charge on any atom is 0.289 e. The molecule has 6 nitrogen and oxygen atoms in total. The van der Waals surface area contributed by atoms with E-state index in [1.807, 2.05) is 0 Å². The lowest BCUT2D eigenvalue weighted by molar-refractivity contribution is -0.385. The van der Waals surface area contributed by atoms with E-state index < -0.39 is 10.7 Å². The zero-order chi connectivity index (χ0) is 14.7. The zero-order valence-electron chi connectivity index (χ0n) is 10.3. The highest BCUT2D eigenvalue weighted by Gasteiger charge is 2.12. The minimum Gasteiger partial charge on any atom is -0.494 e. The van der Waals surface area contributed by atoms with Gasteiger partial charge in [0.25, 0.3) is 5.69 Å². The minimum absolute atomic E-state index is 0.0630. The molecule has 1 N–H and O–H groups in total. The first-order valence-corrected chi connectivity index (χ1v) is 5.79. The number of pyridine rings is 1. The molecule has 0 aliphatic heterocycles. The Morgan fingerprint density at radius 2 is 2.20 bits per heavy atom. The van der Waals surface area contributed by atoms with Crippen molar-refractivity contribution in [3.05, 3.63) is 51.4 Å². The summed E-state index contributed by atoms with van der Waals surface area (Å²) < 4.78 is 18.1. The van der Waals surface area contributed by atoms with Gasteiger partial charge in [-0.1, -0.05) is 11.6 Å². The Labute approximate surface area is 118 Å². The van der Waals surface area contributed by atoms with Crippen molar-refractivity contribution in [1.29, 1.82) is 0 Å². The van der Waals surface area contributed by atoms with Crippen LogP contribution in [0.15, 0.2) is 30.5 Å². The van der Waals surface area contributed by atoms with Crippen LogP contribution in [0.3, 0.4) is 0 Å². The fourth-order valence-electron chi connectivity index (χ4n) is 1.49. The maximum atomic E-state index is 13.3. The van der Waals surface area contributed by atoms with E-state index in [1.165, 1.54) is 31.4 Å². The molecule has 0 fully saturated rings. The third-order valence-electron chi connectivity index (χ3n) is 2.45. The molecule has 0 aliphatic carbocycles. The van der Waals surface area contributed by atoms with Crippen LogP contribution in [0, 0.1) is 15.9 Å². The number of aromatic nitrogens is 1. The predicted molar refractivity (Wildman–Crippen MR) is 72.1 cm³/mol. The molecule has 1 aromatic heterocycles. The fourth-order valence-corrected chi connectivity index (χ4v) is 1.70. The second kappa shape index (κ2) is 5.70. The van der Waals surface area contributed by atoms with Crippen molar-refractivity contribution in [3.8, 4) is 5.75 Å². The van der Waals surface area contributed by atoms with Crippen LogP contribution < -0.4 is 10.1 Å². The molecule has 0 bridgehead atoms. The van der Waals surface area contributed by atoms with E-state index in [2.05, 4.69) is 10.3 Å². The van der Waals surface area contributed by atoms with Gasteiger partial charge >= 0.3 is 0 Å². The zero-order valence-corrected chi connectivity index (χ0v) is 11.0. The van der Waals surface area contributed by atoms with Gasteiger partial charge in [0.15, 0.2) is 11.6 Å². The number of nitro groups is 1. The summed E-state index contributed by atoms with van der Waals surface area (Å²) in [7, 11) is 1.35. The normalized spacial score (nSPS) is 10.2. The Hall–Kier alpha value is -2.41. The number of rotatable bonds is 4. The maximum absolute atomic E-state index is 13.3. The van der Waals surface area contributed by atoms with E-state index in [9.17, 15) is 14.5 Å². The second-order valence-corrected chi connectivity index (χ2v) is 4.16. The summed E-state index contributed by atoms with van der Waals surface area (Å²) >= 11 is 5.89. The third kappa shape index (κ3) is 2.94. The summed E-state index contributed by atoms with van der Waals surface area (Å²) in [6, 6.07) is 5.30. The predicted octanol–water partition coefficient (Wildman–Crippen LogP) is 3.53. The largest absolute Gasteiger partial charge is 0.494 e. The molecule has 0 aliphatic rings. The van der Waals surface area contributed by atoms with Gasteiger partial charge in [0.05, 0.1) is 17.1 Å². The summed E-state index contributed by atoms with van der Waals surface area (Å²) in [6.45, 7) is 0. The highest BCUT2D eigenvalue weighted by atomic mass is 35.5. The van der Waals surface area contributed by atoms with Crippen molar-refractivity contribution in [2.24, 2.45) is 0 Å². The molecule has 8 heteroatoms. The van der Waals surface area contributed by atoms with Gasteiger partial charge in [-0.05, 0) is 12.1 Å². The third-order valence-corrected chi connectivity index (χ3v) is 2.74. The average molecular weight is 298 g/mol. The van der Waals surface area contributed by atoms with E-state index in [4.69, 9.17) is 16.3 Å². The Bertz CT molecular complexity index is 666. The number of hydrogen-bond donors (Lipinski definition) is 1. The molecule has 0 atom stereocenters. The molecule has 1 heterocycles. The average Bonchev–Trinajstić information content (AvgIpc) is 2.42. The van der Waals surface area contributed by atoms with Crippen molar-refractivity contribution >= 4 is 28.8 Å². The lowest BCUT2D eigenvalue weighted by Gasteiger charge is -2.09. The van der Waals surface area contributed by atoms with E-state index >= 15 is 0 Å². The van der Waals surface area contributed by atoms with Gasteiger partial charge in [0.1, 0.15) is 12.0 Å². The van der Waals surface area contributed by atoms with Crippen LogP contribution in [-0.2, 0) is 0 Å². The molecule has 0 saturated heterocycles. The summed E-state index contributed by atoms with van der Waals surface area (Å²) in [6.07, 6.45) is 1.08. The molecular weight excluding hydrogens is 289 g/mol. The van der Waals surface area contributed by atoms with Crippen LogP contribution in [0.25, 0.3) is 0 Å². The van der Waals surface area contributed by atoms with Crippen molar-refractivity contribution in [2.75, 3.05) is 12.4 Å². The highest BCUT2D eigenvalue weighted by Crippen LogP contribution is 2.28. The number of hydrogen-bond acceptors (Lipinski definition) is 5. The summed E-state index contributed by atoms with van der Waals surface area (Å²) in [5.41, 5.74) is 0.281. The summed E-state index contributed by atoms with van der Waals surface area (Å²) in [5.74, 6) is -0.209. The Morgan fingerprint density at radius 1 is 1.45 bits per heavy atom. The van der Waals surface area contributed by atoms with Gasteiger partial charge in [0.2, 0.25) is 0 Å². The lowest BCUT2D eigenvalue weighted by atomic mass is 10.3. The molecule has 0 spiro atoms. The highest BCUT2D eigenvalue weighted by molar-refractivity contribution is 6.33. The van der Waals surface area contributed by atoms with Gasteiger partial charge in [-0.25, -0.2) is 9.37 Å². The van der Waals surface area contributed by atoms with Crippen molar-refractivity contribution in [3.63, 3.8) is 0 Å². The van der Waals surface area contributed by atoms with Gasteiger partial charge in [0, 0.05) is 17.8 Å². The van der Waals surface area contributed by atoms with E-state index in [0.29, 0.717) is 5.69 Å². The standard InChI is InChI=1S/C12H9ClFN3O3/c1-20-11-4-7(2-3-10(11)14)16-12-9(13)5-8(6-15-12)17(18)19/h2-6H,1H3,(H,15,16). The molecule has 0 saturated carbocycles. The molecule has 104 valence electrons. The molecule has 2 rings (SSSR count). The SMILES string of the molecule is COc1cc(Nc2ncc([N+](=O)[O-])cc2Cl)ccc1F. The Balaban J connectivity index is 2.28. The number of methoxy groups -OCH3 is 1. The number of anilines is 2. The van der Waals surface area contributed by atoms with Crippen molar-refractivity contribution < 1.29 is 14.1 Å². The topological polar surface area (TPSA) is 77.3 Å². The van der Waals surface area contributed by atoms with Crippen LogP contribution in [0.5, 0.6) is 5.75 Å². The smallest absolute Gasteiger partial charge is 0.289 e. The number of nitrogens with zero attached hydrogens (tertiary/aromatic N) is 2. The van der Waals surface area contributed by atoms with Crippen LogP contribution in [0.1, 0.15) is 0 Å². The fraction of sp³-hybridized carbons (Fsp3) is 0.0833. The number of benzene rings is 1. The monoisotopic (exact) mass is 297 g/mol. The quantitative estimate of drug-likeness (QED) is 0.690. The molecule has 20 heavy (non-hydrogen) atoms. The first kappa shape index (κ1) is 14.0. The first-order chi connectivity index (χ1) is 9.51. The van der Waals surface area contributed by atoms with Gasteiger partial charge in [-0.3, -0.25) is 10.1 Å². The summed E-state index contributed by atoms with van der Waals surface area (Å²) in [4.78, 5) is 13.8.